The molecule has 0 radical (unpaired) electrons. The standard InChI is InChI=1S/C21H21F3N4O2/c1-3-12(2)17(19(30)28-20-25-15-6-4-5-7-16(15)26-20)27-18(29)13-8-10-14(11-9-13)21(22,23)24/h4-12,17H,3H2,1-2H3,(H,27,29)(H2,25,26,28,30)/t12-,17+/m0/s1. The number of aromatic nitrogens is 2. The highest BCUT2D eigenvalue weighted by molar-refractivity contribution is 6.01. The van der Waals surface area contributed by atoms with Crippen molar-refractivity contribution in [1.29, 1.82) is 0 Å². The molecule has 9 heteroatoms. The van der Waals surface area contributed by atoms with E-state index in [9.17, 15) is 22.8 Å². The second-order valence-corrected chi connectivity index (χ2v) is 7.00. The molecule has 1 aromatic heterocycles. The predicted molar refractivity (Wildman–Crippen MR) is 107 cm³/mol. The van der Waals surface area contributed by atoms with Crippen LogP contribution >= 0.6 is 0 Å². The molecule has 3 rings (SSSR count). The molecule has 3 N–H and O–H groups in total. The number of H-pyrrole nitrogens is 1. The lowest BCUT2D eigenvalue weighted by atomic mass is 9.98. The first kappa shape index (κ1) is 21.4. The molecule has 2 atom stereocenters. The van der Waals surface area contributed by atoms with Crippen molar-refractivity contribution < 1.29 is 22.8 Å². The van der Waals surface area contributed by atoms with Crippen LogP contribution in [0.5, 0.6) is 0 Å². The molecule has 6 nitrogen and oxygen atoms in total. The highest BCUT2D eigenvalue weighted by atomic mass is 19.4. The summed E-state index contributed by atoms with van der Waals surface area (Å²) in [5.41, 5.74) is 0.622. The summed E-state index contributed by atoms with van der Waals surface area (Å²) in [5.74, 6) is -1.07. The third-order valence-electron chi connectivity index (χ3n) is 4.89. The molecule has 0 bridgehead atoms. The third kappa shape index (κ3) is 4.79. The van der Waals surface area contributed by atoms with Crippen LogP contribution in [0.15, 0.2) is 48.5 Å². The van der Waals surface area contributed by atoms with Crippen LogP contribution in [-0.2, 0) is 11.0 Å². The zero-order valence-electron chi connectivity index (χ0n) is 16.4. The number of para-hydroxylation sites is 2. The number of hydrogen-bond acceptors (Lipinski definition) is 3. The lowest BCUT2D eigenvalue weighted by molar-refractivity contribution is -0.137. The molecular weight excluding hydrogens is 397 g/mol. The lowest BCUT2D eigenvalue weighted by Crippen LogP contribution is -2.47. The summed E-state index contributed by atoms with van der Waals surface area (Å²) in [6, 6.07) is 10.2. The minimum absolute atomic E-state index is 0.0350. The van der Waals surface area contributed by atoms with E-state index >= 15 is 0 Å². The maximum atomic E-state index is 12.8. The van der Waals surface area contributed by atoms with Gasteiger partial charge < -0.3 is 10.3 Å². The topological polar surface area (TPSA) is 86.9 Å². The smallest absolute Gasteiger partial charge is 0.340 e. The average molecular weight is 418 g/mol. The number of hydrogen-bond donors (Lipinski definition) is 3. The molecule has 0 fully saturated rings. The molecule has 2 amide bonds. The van der Waals surface area contributed by atoms with Gasteiger partial charge in [0.15, 0.2) is 0 Å². The normalized spacial score (nSPS) is 13.6. The quantitative estimate of drug-likeness (QED) is 0.556. The van der Waals surface area contributed by atoms with Gasteiger partial charge in [0.25, 0.3) is 5.91 Å². The summed E-state index contributed by atoms with van der Waals surface area (Å²) in [6.07, 6.45) is -3.88. The van der Waals surface area contributed by atoms with Gasteiger partial charge in [-0.05, 0) is 42.3 Å². The molecule has 0 spiro atoms. The zero-order chi connectivity index (χ0) is 21.9. The number of amides is 2. The number of imidazole rings is 1. The molecule has 1 heterocycles. The van der Waals surface area contributed by atoms with Crippen LogP contribution in [-0.4, -0.2) is 27.8 Å². The summed E-state index contributed by atoms with van der Waals surface area (Å²) in [7, 11) is 0. The van der Waals surface area contributed by atoms with Crippen molar-refractivity contribution in [3.8, 4) is 0 Å². The van der Waals surface area contributed by atoms with Gasteiger partial charge in [0, 0.05) is 5.56 Å². The van der Waals surface area contributed by atoms with Crippen LogP contribution in [0.2, 0.25) is 0 Å². The van der Waals surface area contributed by atoms with E-state index in [0.717, 1.165) is 29.8 Å². The van der Waals surface area contributed by atoms with Crippen LogP contribution < -0.4 is 10.6 Å². The Morgan fingerprint density at radius 1 is 1.10 bits per heavy atom. The maximum absolute atomic E-state index is 12.8. The number of rotatable bonds is 6. The van der Waals surface area contributed by atoms with Crippen LogP contribution in [0, 0.1) is 5.92 Å². The number of nitrogens with zero attached hydrogens (tertiary/aromatic N) is 1. The van der Waals surface area contributed by atoms with E-state index in [4.69, 9.17) is 0 Å². The summed E-state index contributed by atoms with van der Waals surface area (Å²) in [6.45, 7) is 3.67. The zero-order valence-corrected chi connectivity index (χ0v) is 16.4. The molecule has 3 aromatic rings. The SMILES string of the molecule is CC[C@H](C)[C@@H](NC(=O)c1ccc(C(F)(F)F)cc1)C(=O)Nc1nc2ccccc2[nH]1. The number of alkyl halides is 3. The molecule has 0 unspecified atom stereocenters. The molecule has 158 valence electrons. The van der Waals surface area contributed by atoms with Crippen molar-refractivity contribution in [3.05, 3.63) is 59.7 Å². The van der Waals surface area contributed by atoms with Gasteiger partial charge in [-0.25, -0.2) is 4.98 Å². The Labute approximate surface area is 170 Å². The fourth-order valence-corrected chi connectivity index (χ4v) is 2.94. The predicted octanol–water partition coefficient (Wildman–Crippen LogP) is 4.36. The number of carbonyl (C=O) groups excluding carboxylic acids is 2. The van der Waals surface area contributed by atoms with E-state index in [1.807, 2.05) is 25.1 Å². The van der Waals surface area contributed by atoms with Crippen molar-refractivity contribution in [1.82, 2.24) is 15.3 Å². The van der Waals surface area contributed by atoms with Gasteiger partial charge in [-0.3, -0.25) is 14.9 Å². The van der Waals surface area contributed by atoms with Crippen LogP contribution in [0.3, 0.4) is 0 Å². The second kappa shape index (κ2) is 8.56. The Morgan fingerprint density at radius 3 is 2.37 bits per heavy atom. The molecule has 0 aliphatic carbocycles. The largest absolute Gasteiger partial charge is 0.416 e. The Kier molecular flexibility index (Phi) is 6.09. The van der Waals surface area contributed by atoms with Crippen LogP contribution in [0.4, 0.5) is 19.1 Å². The van der Waals surface area contributed by atoms with Gasteiger partial charge in [-0.2, -0.15) is 13.2 Å². The van der Waals surface area contributed by atoms with Crippen molar-refractivity contribution in [2.45, 2.75) is 32.5 Å². The minimum Gasteiger partial charge on any atom is -0.340 e. The monoisotopic (exact) mass is 418 g/mol. The Bertz CT molecular complexity index is 1010. The van der Waals surface area contributed by atoms with E-state index in [0.29, 0.717) is 11.9 Å². The fraction of sp³-hybridized carbons (Fsp3) is 0.286. The maximum Gasteiger partial charge on any atom is 0.416 e. The van der Waals surface area contributed by atoms with Crippen LogP contribution in [0.25, 0.3) is 11.0 Å². The molecule has 0 aliphatic heterocycles. The summed E-state index contributed by atoms with van der Waals surface area (Å²) in [4.78, 5) is 32.6. The number of halogens is 3. The second-order valence-electron chi connectivity index (χ2n) is 7.00. The van der Waals surface area contributed by atoms with E-state index in [2.05, 4.69) is 20.6 Å². The van der Waals surface area contributed by atoms with Gasteiger partial charge in [-0.15, -0.1) is 0 Å². The van der Waals surface area contributed by atoms with E-state index in [1.165, 1.54) is 0 Å². The van der Waals surface area contributed by atoms with Crippen molar-refractivity contribution in [3.63, 3.8) is 0 Å². The Balaban J connectivity index is 1.74. The third-order valence-corrected chi connectivity index (χ3v) is 4.89. The number of carbonyl (C=O) groups is 2. The van der Waals surface area contributed by atoms with Gasteiger partial charge in [0.05, 0.1) is 16.6 Å². The highest BCUT2D eigenvalue weighted by Gasteiger charge is 2.31. The van der Waals surface area contributed by atoms with Gasteiger partial charge in [0.2, 0.25) is 11.9 Å². The molecule has 2 aromatic carbocycles. The number of fused-ring (bicyclic) bond motifs is 1. The number of aromatic amines is 1. The molecule has 0 saturated carbocycles. The van der Waals surface area contributed by atoms with Crippen LogP contribution in [0.1, 0.15) is 36.2 Å². The first-order valence-corrected chi connectivity index (χ1v) is 9.42. The Morgan fingerprint density at radius 2 is 1.77 bits per heavy atom. The minimum atomic E-state index is -4.49. The molecule has 0 saturated heterocycles. The fourth-order valence-electron chi connectivity index (χ4n) is 2.94. The van der Waals surface area contributed by atoms with E-state index in [-0.39, 0.29) is 17.4 Å². The van der Waals surface area contributed by atoms with E-state index in [1.54, 1.807) is 13.0 Å². The summed E-state index contributed by atoms with van der Waals surface area (Å²) in [5, 5.41) is 5.29. The Hall–Kier alpha value is -3.36. The lowest BCUT2D eigenvalue weighted by Gasteiger charge is -2.23. The van der Waals surface area contributed by atoms with Gasteiger partial charge in [-0.1, -0.05) is 32.4 Å². The van der Waals surface area contributed by atoms with Gasteiger partial charge in [0.1, 0.15) is 6.04 Å². The number of anilines is 1. The number of benzene rings is 2. The van der Waals surface area contributed by atoms with E-state index < -0.39 is 29.6 Å². The van der Waals surface area contributed by atoms with Crippen molar-refractivity contribution in [2.75, 3.05) is 5.32 Å². The first-order valence-electron chi connectivity index (χ1n) is 9.42. The number of nitrogens with one attached hydrogen (secondary N) is 3. The van der Waals surface area contributed by atoms with Crippen molar-refractivity contribution >= 4 is 28.8 Å². The summed E-state index contributed by atoms with van der Waals surface area (Å²) >= 11 is 0. The molecule has 0 aliphatic rings. The van der Waals surface area contributed by atoms with Gasteiger partial charge >= 0.3 is 6.18 Å². The highest BCUT2D eigenvalue weighted by Crippen LogP contribution is 2.29. The molecular formula is C21H21F3N4O2. The average Bonchev–Trinajstić information content (AvgIpc) is 3.12. The summed E-state index contributed by atoms with van der Waals surface area (Å²) < 4.78 is 38.1. The van der Waals surface area contributed by atoms with Crippen molar-refractivity contribution in [2.24, 2.45) is 5.92 Å². The first-order chi connectivity index (χ1) is 14.2. The molecule has 30 heavy (non-hydrogen) atoms.